The Morgan fingerprint density at radius 1 is 1.12 bits per heavy atom. The van der Waals surface area contributed by atoms with E-state index in [4.69, 9.17) is 0 Å². The molecule has 3 rings (SSSR count). The predicted octanol–water partition coefficient (Wildman–Crippen LogP) is 3.13. The van der Waals surface area contributed by atoms with E-state index in [1.54, 1.807) is 4.90 Å². The maximum atomic E-state index is 12.7. The summed E-state index contributed by atoms with van der Waals surface area (Å²) in [6.45, 7) is 3.03. The molecule has 0 saturated heterocycles. The summed E-state index contributed by atoms with van der Waals surface area (Å²) in [5.74, 6) is -0.124. The molecule has 0 fully saturated rings. The highest BCUT2D eigenvalue weighted by molar-refractivity contribution is 6.01. The molecule has 4 nitrogen and oxygen atoms in total. The third-order valence-corrected chi connectivity index (χ3v) is 4.40. The number of carbonyl (C=O) groups excluding carboxylic acids is 2. The van der Waals surface area contributed by atoms with Crippen LogP contribution in [0, 0.1) is 0 Å². The summed E-state index contributed by atoms with van der Waals surface area (Å²) in [4.78, 5) is 27.0. The summed E-state index contributed by atoms with van der Waals surface area (Å²) in [7, 11) is 0. The van der Waals surface area contributed by atoms with Crippen molar-refractivity contribution in [2.24, 2.45) is 0 Å². The van der Waals surface area contributed by atoms with E-state index in [1.807, 2.05) is 61.5 Å². The number of hydrogen-bond acceptors (Lipinski definition) is 2. The molecular formula is C20H22N2O2. The summed E-state index contributed by atoms with van der Waals surface area (Å²) >= 11 is 0. The second kappa shape index (κ2) is 7.30. The number of fused-ring (bicyclic) bond motifs is 1. The molecule has 1 aliphatic rings. The van der Waals surface area contributed by atoms with Gasteiger partial charge in [0.2, 0.25) is 5.91 Å². The lowest BCUT2D eigenvalue weighted by Gasteiger charge is -2.26. The van der Waals surface area contributed by atoms with E-state index in [0.29, 0.717) is 19.5 Å². The molecule has 1 atom stereocenters. The normalized spacial score (nSPS) is 14.4. The number of rotatable bonds is 6. The molecule has 0 saturated carbocycles. The van der Waals surface area contributed by atoms with Crippen LogP contribution in [-0.2, 0) is 17.9 Å². The second-order valence-corrected chi connectivity index (χ2v) is 6.10. The molecule has 1 heterocycles. The average Bonchev–Trinajstić information content (AvgIpc) is 2.95. The Morgan fingerprint density at radius 2 is 1.83 bits per heavy atom. The summed E-state index contributed by atoms with van der Waals surface area (Å²) in [6, 6.07) is 17.0. The first-order chi connectivity index (χ1) is 11.7. The molecule has 0 aliphatic carbocycles. The molecule has 24 heavy (non-hydrogen) atoms. The minimum Gasteiger partial charge on any atom is -0.350 e. The van der Waals surface area contributed by atoms with Gasteiger partial charge in [-0.15, -0.1) is 0 Å². The van der Waals surface area contributed by atoms with Crippen LogP contribution >= 0.6 is 0 Å². The van der Waals surface area contributed by atoms with Crippen molar-refractivity contribution in [1.29, 1.82) is 0 Å². The first-order valence-corrected chi connectivity index (χ1v) is 8.41. The topological polar surface area (TPSA) is 49.4 Å². The highest BCUT2D eigenvalue weighted by Gasteiger charge is 2.35. The Bertz CT molecular complexity index is 727. The lowest BCUT2D eigenvalue weighted by molar-refractivity contribution is -0.126. The van der Waals surface area contributed by atoms with Crippen molar-refractivity contribution in [2.75, 3.05) is 0 Å². The molecule has 124 valence electrons. The molecule has 2 amide bonds. The molecular weight excluding hydrogens is 300 g/mol. The van der Waals surface area contributed by atoms with Crippen LogP contribution in [-0.4, -0.2) is 22.8 Å². The van der Waals surface area contributed by atoms with Crippen molar-refractivity contribution in [3.05, 3.63) is 71.3 Å². The Hall–Kier alpha value is -2.62. The van der Waals surface area contributed by atoms with E-state index in [-0.39, 0.29) is 11.8 Å². The Morgan fingerprint density at radius 3 is 2.54 bits per heavy atom. The van der Waals surface area contributed by atoms with Gasteiger partial charge in [0, 0.05) is 18.7 Å². The highest BCUT2D eigenvalue weighted by Crippen LogP contribution is 2.26. The lowest BCUT2D eigenvalue weighted by atomic mass is 10.1. The number of amides is 2. The van der Waals surface area contributed by atoms with Crippen LogP contribution in [0.4, 0.5) is 0 Å². The Kier molecular flexibility index (Phi) is 4.94. The second-order valence-electron chi connectivity index (χ2n) is 6.10. The van der Waals surface area contributed by atoms with Crippen LogP contribution in [0.1, 0.15) is 41.3 Å². The SMILES string of the molecule is CCC[C@H](C(=O)NCc1ccccc1)N1Cc2ccccc2C1=O. The van der Waals surface area contributed by atoms with Crippen LogP contribution in [0.3, 0.4) is 0 Å². The van der Waals surface area contributed by atoms with E-state index < -0.39 is 6.04 Å². The van der Waals surface area contributed by atoms with Crippen LogP contribution in [0.15, 0.2) is 54.6 Å². The predicted molar refractivity (Wildman–Crippen MR) is 93.3 cm³/mol. The van der Waals surface area contributed by atoms with Crippen molar-refractivity contribution < 1.29 is 9.59 Å². The minimum absolute atomic E-state index is 0.0427. The molecule has 0 radical (unpaired) electrons. The molecule has 0 aromatic heterocycles. The maximum Gasteiger partial charge on any atom is 0.255 e. The molecule has 2 aromatic carbocycles. The van der Waals surface area contributed by atoms with Crippen molar-refractivity contribution in [3.8, 4) is 0 Å². The van der Waals surface area contributed by atoms with Gasteiger partial charge < -0.3 is 10.2 Å². The first kappa shape index (κ1) is 16.2. The Balaban J connectivity index is 1.71. The zero-order valence-corrected chi connectivity index (χ0v) is 13.9. The van der Waals surface area contributed by atoms with Gasteiger partial charge in [-0.3, -0.25) is 9.59 Å². The molecule has 0 bridgehead atoms. The zero-order chi connectivity index (χ0) is 16.9. The van der Waals surface area contributed by atoms with Crippen molar-refractivity contribution in [3.63, 3.8) is 0 Å². The van der Waals surface area contributed by atoms with Crippen LogP contribution in [0.25, 0.3) is 0 Å². The minimum atomic E-state index is -0.418. The molecule has 2 aromatic rings. The summed E-state index contributed by atoms with van der Waals surface area (Å²) < 4.78 is 0. The fraction of sp³-hybridized carbons (Fsp3) is 0.300. The van der Waals surface area contributed by atoms with Gasteiger partial charge in [0.05, 0.1) is 0 Å². The quantitative estimate of drug-likeness (QED) is 0.888. The number of hydrogen-bond donors (Lipinski definition) is 1. The van der Waals surface area contributed by atoms with E-state index in [9.17, 15) is 9.59 Å². The van der Waals surface area contributed by atoms with Gasteiger partial charge >= 0.3 is 0 Å². The van der Waals surface area contributed by atoms with Gasteiger partial charge in [0.15, 0.2) is 0 Å². The fourth-order valence-corrected chi connectivity index (χ4v) is 3.13. The third-order valence-electron chi connectivity index (χ3n) is 4.40. The Labute approximate surface area is 142 Å². The van der Waals surface area contributed by atoms with Gasteiger partial charge in [-0.1, -0.05) is 61.9 Å². The van der Waals surface area contributed by atoms with Gasteiger partial charge in [-0.05, 0) is 23.6 Å². The maximum absolute atomic E-state index is 12.7. The van der Waals surface area contributed by atoms with Gasteiger partial charge in [0.25, 0.3) is 5.91 Å². The number of nitrogens with zero attached hydrogens (tertiary/aromatic N) is 1. The molecule has 0 spiro atoms. The number of benzene rings is 2. The third kappa shape index (κ3) is 3.32. The van der Waals surface area contributed by atoms with Crippen LogP contribution in [0.2, 0.25) is 0 Å². The summed E-state index contributed by atoms with van der Waals surface area (Å²) in [5.41, 5.74) is 2.77. The van der Waals surface area contributed by atoms with E-state index in [1.165, 1.54) is 0 Å². The van der Waals surface area contributed by atoms with E-state index in [2.05, 4.69) is 5.32 Å². The largest absolute Gasteiger partial charge is 0.350 e. The highest BCUT2D eigenvalue weighted by atomic mass is 16.2. The average molecular weight is 322 g/mol. The summed E-state index contributed by atoms with van der Waals surface area (Å²) in [6.07, 6.45) is 1.52. The monoisotopic (exact) mass is 322 g/mol. The standard InChI is InChI=1S/C20H22N2O2/c1-2-8-18(19(23)21-13-15-9-4-3-5-10-15)22-14-16-11-6-7-12-17(16)20(22)24/h3-7,9-12,18H,2,8,13-14H2,1H3,(H,21,23)/t18-/m1/s1. The zero-order valence-electron chi connectivity index (χ0n) is 13.9. The van der Waals surface area contributed by atoms with Crippen molar-refractivity contribution in [1.82, 2.24) is 10.2 Å². The van der Waals surface area contributed by atoms with Gasteiger partial charge in [0.1, 0.15) is 6.04 Å². The molecule has 4 heteroatoms. The van der Waals surface area contributed by atoms with Gasteiger partial charge in [-0.2, -0.15) is 0 Å². The number of nitrogens with one attached hydrogen (secondary N) is 1. The van der Waals surface area contributed by atoms with Gasteiger partial charge in [-0.25, -0.2) is 0 Å². The molecule has 1 N–H and O–H groups in total. The fourth-order valence-electron chi connectivity index (χ4n) is 3.13. The summed E-state index contributed by atoms with van der Waals surface area (Å²) in [5, 5.41) is 2.98. The van der Waals surface area contributed by atoms with Crippen molar-refractivity contribution in [2.45, 2.75) is 38.9 Å². The van der Waals surface area contributed by atoms with Crippen molar-refractivity contribution >= 4 is 11.8 Å². The lowest BCUT2D eigenvalue weighted by Crippen LogP contribution is -2.46. The molecule has 0 unspecified atom stereocenters. The number of carbonyl (C=O) groups is 2. The van der Waals surface area contributed by atoms with E-state index >= 15 is 0 Å². The molecule has 1 aliphatic heterocycles. The smallest absolute Gasteiger partial charge is 0.255 e. The van der Waals surface area contributed by atoms with E-state index in [0.717, 1.165) is 23.1 Å². The van der Waals surface area contributed by atoms with Crippen LogP contribution < -0.4 is 5.32 Å². The van der Waals surface area contributed by atoms with Crippen LogP contribution in [0.5, 0.6) is 0 Å². The first-order valence-electron chi connectivity index (χ1n) is 8.41.